The smallest absolute Gasteiger partial charge is 0.160 e. The van der Waals surface area contributed by atoms with E-state index in [2.05, 4.69) is 144 Å². The van der Waals surface area contributed by atoms with Gasteiger partial charge in [0, 0.05) is 47.7 Å². The van der Waals surface area contributed by atoms with Crippen molar-refractivity contribution in [3.05, 3.63) is 152 Å². The summed E-state index contributed by atoms with van der Waals surface area (Å²) in [5.74, 6) is 0.725. The molecule has 0 amide bonds. The fourth-order valence-corrected chi connectivity index (χ4v) is 9.20. The van der Waals surface area contributed by atoms with E-state index in [1.54, 1.807) is 0 Å². The van der Waals surface area contributed by atoms with E-state index in [9.17, 15) is 0 Å². The van der Waals surface area contributed by atoms with Crippen LogP contribution in [0.5, 0.6) is 0 Å². The van der Waals surface area contributed by atoms with Gasteiger partial charge in [-0.05, 0) is 71.4 Å². The van der Waals surface area contributed by atoms with Crippen LogP contribution in [0, 0.1) is 0 Å². The molecule has 0 saturated carbocycles. The molecule has 0 atom stereocenters. The van der Waals surface area contributed by atoms with E-state index in [-0.39, 0.29) is 0 Å². The van der Waals surface area contributed by atoms with E-state index in [0.717, 1.165) is 39.2 Å². The van der Waals surface area contributed by atoms with Gasteiger partial charge in [-0.1, -0.05) is 115 Å². The van der Waals surface area contributed by atoms with Crippen LogP contribution in [0.15, 0.2) is 171 Å². The summed E-state index contributed by atoms with van der Waals surface area (Å²) in [6, 6.07) is 54.1. The fraction of sp³-hybridized carbons (Fsp3) is 0. The summed E-state index contributed by atoms with van der Waals surface area (Å²) in [5.41, 5.74) is 7.54. The molecule has 5 heteroatoms. The zero-order chi connectivity index (χ0) is 30.9. The quantitative estimate of drug-likeness (QED) is 0.193. The lowest BCUT2D eigenvalue weighted by molar-refractivity contribution is 1.11. The number of hydrogen-bond donors (Lipinski definition) is 0. The Balaban J connectivity index is 1.18. The molecule has 3 heterocycles. The Morgan fingerprint density at radius 2 is 1.17 bits per heavy atom. The first kappa shape index (κ1) is 26.8. The minimum absolute atomic E-state index is 0.725. The minimum atomic E-state index is 0.725. The van der Waals surface area contributed by atoms with Gasteiger partial charge >= 0.3 is 0 Å². The summed E-state index contributed by atoms with van der Waals surface area (Å²) >= 11 is 3.74. The van der Waals surface area contributed by atoms with Crippen molar-refractivity contribution in [3.8, 4) is 28.3 Å². The molecule has 0 spiro atoms. The third-order valence-electron chi connectivity index (χ3n) is 9.03. The lowest BCUT2D eigenvalue weighted by Gasteiger charge is -2.20. The highest BCUT2D eigenvalue weighted by Crippen LogP contribution is 2.52. The lowest BCUT2D eigenvalue weighted by Crippen LogP contribution is -1.99. The Hall–Kier alpha value is -5.36. The molecule has 0 bridgehead atoms. The van der Waals surface area contributed by atoms with Gasteiger partial charge in [-0.2, -0.15) is 0 Å². The van der Waals surface area contributed by atoms with Crippen LogP contribution in [0.2, 0.25) is 0 Å². The molecule has 9 aromatic rings. The molecule has 1 aliphatic rings. The van der Waals surface area contributed by atoms with Gasteiger partial charge in [0.2, 0.25) is 0 Å². The molecular weight excluding hydrogens is 611 g/mol. The van der Waals surface area contributed by atoms with Crippen LogP contribution in [-0.2, 0) is 0 Å². The second-order valence-electron chi connectivity index (χ2n) is 11.8. The summed E-state index contributed by atoms with van der Waals surface area (Å²) in [6.45, 7) is 0. The van der Waals surface area contributed by atoms with Gasteiger partial charge < -0.3 is 4.57 Å². The van der Waals surface area contributed by atoms with Gasteiger partial charge in [0.15, 0.2) is 5.82 Å². The monoisotopic (exact) mass is 635 g/mol. The molecule has 0 saturated heterocycles. The van der Waals surface area contributed by atoms with Crippen LogP contribution in [-0.4, -0.2) is 14.5 Å². The standard InChI is InChI=1S/C42H25N3S2/c1-2-10-26(11-3-1)39-32-14-6-7-15-34(32)43-42(44-39)27-18-20-30(21-19-27)45-35-25-29-13-5-4-12-28(29)24-33(35)31-22-23-38-41(40(31)45)47-37-17-9-8-16-36(37)46-38/h1-25H. The maximum Gasteiger partial charge on any atom is 0.160 e. The SMILES string of the molecule is c1ccc(-c2nc(-c3ccc(-n4c5cc6ccccc6cc5c5ccc6c(c54)Sc4ccccc4S6)cc3)nc3ccccc23)cc1. The number of aromatic nitrogens is 3. The maximum absolute atomic E-state index is 5.12. The van der Waals surface area contributed by atoms with Crippen molar-refractivity contribution < 1.29 is 0 Å². The lowest BCUT2D eigenvalue weighted by atomic mass is 10.1. The van der Waals surface area contributed by atoms with Crippen molar-refractivity contribution in [2.24, 2.45) is 0 Å². The molecule has 10 rings (SSSR count). The van der Waals surface area contributed by atoms with E-state index in [0.29, 0.717) is 0 Å². The molecule has 7 aromatic carbocycles. The fourth-order valence-electron chi connectivity index (χ4n) is 6.82. The molecular formula is C42H25N3S2. The topological polar surface area (TPSA) is 30.7 Å². The highest BCUT2D eigenvalue weighted by molar-refractivity contribution is 8.05. The van der Waals surface area contributed by atoms with Gasteiger partial charge in [-0.3, -0.25) is 0 Å². The average molecular weight is 636 g/mol. The zero-order valence-corrected chi connectivity index (χ0v) is 26.7. The van der Waals surface area contributed by atoms with Crippen LogP contribution in [0.25, 0.3) is 71.8 Å². The Labute approximate surface area is 279 Å². The first-order chi connectivity index (χ1) is 23.3. The van der Waals surface area contributed by atoms with Gasteiger partial charge in [0.05, 0.1) is 27.1 Å². The van der Waals surface area contributed by atoms with Crippen molar-refractivity contribution in [3.63, 3.8) is 0 Å². The molecule has 1 aliphatic heterocycles. The van der Waals surface area contributed by atoms with Crippen molar-refractivity contribution >= 4 is 67.0 Å². The normalized spacial score (nSPS) is 12.5. The first-order valence-corrected chi connectivity index (χ1v) is 17.3. The first-order valence-electron chi connectivity index (χ1n) is 15.7. The van der Waals surface area contributed by atoms with Crippen LogP contribution in [0.3, 0.4) is 0 Å². The number of nitrogens with zero attached hydrogens (tertiary/aromatic N) is 3. The van der Waals surface area contributed by atoms with Gasteiger partial charge in [0.1, 0.15) is 0 Å². The number of rotatable bonds is 3. The van der Waals surface area contributed by atoms with Crippen LogP contribution in [0.4, 0.5) is 0 Å². The highest BCUT2D eigenvalue weighted by Gasteiger charge is 2.24. The highest BCUT2D eigenvalue weighted by atomic mass is 32.2. The molecule has 0 unspecified atom stereocenters. The molecule has 0 fully saturated rings. The second kappa shape index (κ2) is 10.6. The number of fused-ring (bicyclic) bond motifs is 8. The van der Waals surface area contributed by atoms with E-state index in [4.69, 9.17) is 9.97 Å². The van der Waals surface area contributed by atoms with Gasteiger partial charge in [-0.25, -0.2) is 9.97 Å². The molecule has 47 heavy (non-hydrogen) atoms. The van der Waals surface area contributed by atoms with Crippen molar-refractivity contribution in [2.75, 3.05) is 0 Å². The Bertz CT molecular complexity index is 2680. The maximum atomic E-state index is 5.12. The molecule has 3 nitrogen and oxygen atoms in total. The predicted octanol–water partition coefficient (Wildman–Crippen LogP) is 11.8. The largest absolute Gasteiger partial charge is 0.308 e. The van der Waals surface area contributed by atoms with E-state index in [1.807, 2.05) is 35.7 Å². The molecule has 0 aliphatic carbocycles. The molecule has 0 radical (unpaired) electrons. The molecule has 2 aromatic heterocycles. The number of benzene rings is 7. The minimum Gasteiger partial charge on any atom is -0.308 e. The van der Waals surface area contributed by atoms with E-state index >= 15 is 0 Å². The van der Waals surface area contributed by atoms with Crippen molar-refractivity contribution in [1.29, 1.82) is 0 Å². The Kier molecular flexibility index (Phi) is 6.04. The summed E-state index contributed by atoms with van der Waals surface area (Å²) in [4.78, 5) is 15.4. The van der Waals surface area contributed by atoms with Crippen LogP contribution in [0.1, 0.15) is 0 Å². The van der Waals surface area contributed by atoms with Crippen LogP contribution >= 0.6 is 23.5 Å². The average Bonchev–Trinajstić information content (AvgIpc) is 3.46. The summed E-state index contributed by atoms with van der Waals surface area (Å²) < 4.78 is 2.46. The van der Waals surface area contributed by atoms with E-state index in [1.165, 1.54) is 52.2 Å². The van der Waals surface area contributed by atoms with Crippen molar-refractivity contribution in [1.82, 2.24) is 14.5 Å². The summed E-state index contributed by atoms with van der Waals surface area (Å²) in [5, 5.41) is 6.08. The van der Waals surface area contributed by atoms with E-state index < -0.39 is 0 Å². The second-order valence-corrected chi connectivity index (χ2v) is 14.0. The predicted molar refractivity (Wildman–Crippen MR) is 197 cm³/mol. The van der Waals surface area contributed by atoms with Crippen molar-refractivity contribution in [2.45, 2.75) is 19.6 Å². The molecule has 220 valence electrons. The Morgan fingerprint density at radius 3 is 2.00 bits per heavy atom. The van der Waals surface area contributed by atoms with Gasteiger partial charge in [-0.15, -0.1) is 0 Å². The summed E-state index contributed by atoms with van der Waals surface area (Å²) in [6.07, 6.45) is 0. The molecule has 0 N–H and O–H groups in total. The third kappa shape index (κ3) is 4.31. The van der Waals surface area contributed by atoms with Gasteiger partial charge in [0.25, 0.3) is 0 Å². The summed E-state index contributed by atoms with van der Waals surface area (Å²) in [7, 11) is 0. The zero-order valence-electron chi connectivity index (χ0n) is 25.1. The third-order valence-corrected chi connectivity index (χ3v) is 11.6. The Morgan fingerprint density at radius 1 is 0.468 bits per heavy atom. The van der Waals surface area contributed by atoms with Crippen LogP contribution < -0.4 is 0 Å². The number of hydrogen-bond acceptors (Lipinski definition) is 4. The number of para-hydroxylation sites is 1.